The fourth-order valence-electron chi connectivity index (χ4n) is 2.37. The highest BCUT2D eigenvalue weighted by atomic mass is 32.2. The zero-order chi connectivity index (χ0) is 21.1. The Labute approximate surface area is 160 Å². The Bertz CT molecular complexity index is 943. The van der Waals surface area contributed by atoms with E-state index < -0.39 is 28.7 Å². The highest BCUT2D eigenvalue weighted by Crippen LogP contribution is 2.20. The van der Waals surface area contributed by atoms with Gasteiger partial charge in [0.15, 0.2) is 0 Å². The molecule has 0 N–H and O–H groups in total. The number of nitrogens with zero attached hydrogens (tertiary/aromatic N) is 4. The van der Waals surface area contributed by atoms with E-state index in [2.05, 4.69) is 9.82 Å². The molecule has 0 unspecified atom stereocenters. The first-order valence-corrected chi connectivity index (χ1v) is 9.35. The number of hydrogen-bond donors (Lipinski definition) is 0. The molecule has 0 atom stereocenters. The van der Waals surface area contributed by atoms with Crippen LogP contribution in [0.15, 0.2) is 41.6 Å². The van der Waals surface area contributed by atoms with E-state index in [-0.39, 0.29) is 22.8 Å². The van der Waals surface area contributed by atoms with Crippen LogP contribution in [0.25, 0.3) is 0 Å². The lowest BCUT2D eigenvalue weighted by molar-refractivity contribution is -0.141. The van der Waals surface area contributed by atoms with Gasteiger partial charge in [0.2, 0.25) is 0 Å². The quantitative estimate of drug-likeness (QED) is 0.639. The summed E-state index contributed by atoms with van der Waals surface area (Å²) < 4.78 is 64.0. The summed E-state index contributed by atoms with van der Waals surface area (Å²) in [6, 6.07) is 5.28. The van der Waals surface area contributed by atoms with Gasteiger partial charge in [-0.15, -0.1) is 0 Å². The predicted molar refractivity (Wildman–Crippen MR) is 92.5 cm³/mol. The number of halogens is 3. The maximum absolute atomic E-state index is 12.6. The molecule has 1 aromatic heterocycles. The summed E-state index contributed by atoms with van der Waals surface area (Å²) in [5.41, 5.74) is 0.0574. The summed E-state index contributed by atoms with van der Waals surface area (Å²) in [6.07, 6.45) is -2.03. The number of carbonyl (C=O) groups is 1. The van der Waals surface area contributed by atoms with Crippen LogP contribution in [0.2, 0.25) is 0 Å². The predicted octanol–water partition coefficient (Wildman–Crippen LogP) is 1.90. The molecular weight excluding hydrogens is 401 g/mol. The van der Waals surface area contributed by atoms with Crippen LogP contribution >= 0.6 is 0 Å². The summed E-state index contributed by atoms with van der Waals surface area (Å²) in [6.45, 7) is -1.40. The number of aromatic nitrogens is 2. The molecule has 0 spiro atoms. The van der Waals surface area contributed by atoms with Crippen LogP contribution in [-0.4, -0.2) is 60.6 Å². The van der Waals surface area contributed by atoms with E-state index in [1.807, 2.05) is 0 Å². The van der Waals surface area contributed by atoms with Gasteiger partial charge >= 0.3 is 6.18 Å². The van der Waals surface area contributed by atoms with Crippen molar-refractivity contribution >= 4 is 15.9 Å². The summed E-state index contributed by atoms with van der Waals surface area (Å²) in [5.74, 6) is -0.519. The van der Waals surface area contributed by atoms with Crippen LogP contribution in [-0.2, 0) is 28.0 Å². The number of hydrogen-bond acceptors (Lipinski definition) is 5. The molecule has 0 fully saturated rings. The molecule has 0 radical (unpaired) electrons. The molecule has 28 heavy (non-hydrogen) atoms. The van der Waals surface area contributed by atoms with Crippen molar-refractivity contribution in [3.05, 3.63) is 48.0 Å². The van der Waals surface area contributed by atoms with Gasteiger partial charge in [-0.2, -0.15) is 13.2 Å². The second kappa shape index (κ2) is 8.29. The van der Waals surface area contributed by atoms with Crippen molar-refractivity contribution in [1.82, 2.24) is 18.9 Å². The smallest absolute Gasteiger partial charge is 0.334 e. The van der Waals surface area contributed by atoms with Crippen molar-refractivity contribution in [3.8, 4) is 0 Å². The van der Waals surface area contributed by atoms with Crippen LogP contribution in [0.4, 0.5) is 13.2 Å². The Morgan fingerprint density at radius 1 is 1.29 bits per heavy atom. The molecule has 2 rings (SSSR count). The summed E-state index contributed by atoms with van der Waals surface area (Å²) in [5, 5.41) is 0. The van der Waals surface area contributed by atoms with Crippen LogP contribution in [0.3, 0.4) is 0 Å². The van der Waals surface area contributed by atoms with E-state index in [1.165, 1.54) is 57.9 Å². The Kier molecular flexibility index (Phi) is 6.47. The van der Waals surface area contributed by atoms with E-state index >= 15 is 0 Å². The number of hydroxylamine groups is 1. The largest absolute Gasteiger partial charge is 0.406 e. The van der Waals surface area contributed by atoms with Crippen LogP contribution in [0.1, 0.15) is 16.2 Å². The van der Waals surface area contributed by atoms with Crippen molar-refractivity contribution in [3.63, 3.8) is 0 Å². The second-order valence-electron chi connectivity index (χ2n) is 5.87. The maximum atomic E-state index is 12.6. The van der Waals surface area contributed by atoms with E-state index in [9.17, 15) is 26.4 Å². The van der Waals surface area contributed by atoms with Gasteiger partial charge in [-0.05, 0) is 18.2 Å². The average Bonchev–Trinajstić information content (AvgIpc) is 3.05. The number of rotatable bonds is 7. The Morgan fingerprint density at radius 2 is 1.96 bits per heavy atom. The lowest BCUT2D eigenvalue weighted by Crippen LogP contribution is -2.29. The zero-order valence-corrected chi connectivity index (χ0v) is 16.2. The number of carbonyl (C=O) groups excluding carboxylic acids is 1. The third kappa shape index (κ3) is 5.09. The maximum Gasteiger partial charge on any atom is 0.406 e. The van der Waals surface area contributed by atoms with Crippen molar-refractivity contribution < 1.29 is 31.2 Å². The molecule has 1 amide bonds. The van der Waals surface area contributed by atoms with Crippen LogP contribution in [0.5, 0.6) is 0 Å². The average molecular weight is 420 g/mol. The summed E-state index contributed by atoms with van der Waals surface area (Å²) in [7, 11) is -0.174. The van der Waals surface area contributed by atoms with Gasteiger partial charge in [-0.25, -0.2) is 13.4 Å². The molecule has 0 saturated carbocycles. The normalized spacial score (nSPS) is 12.4. The minimum Gasteiger partial charge on any atom is -0.334 e. The molecule has 12 heteroatoms. The van der Waals surface area contributed by atoms with Gasteiger partial charge in [-0.3, -0.25) is 9.63 Å². The third-order valence-corrected chi connectivity index (χ3v) is 5.53. The SMILES string of the molecule is CON(C)S(=O)(=O)c1cccc(C(=O)N(C)Cc2nccn2CC(F)(F)F)c1. The number of benzene rings is 1. The molecule has 1 heterocycles. The monoisotopic (exact) mass is 420 g/mol. The van der Waals surface area contributed by atoms with Crippen molar-refractivity contribution in [1.29, 1.82) is 0 Å². The Balaban J connectivity index is 2.21. The lowest BCUT2D eigenvalue weighted by Gasteiger charge is -2.19. The topological polar surface area (TPSA) is 84.7 Å². The second-order valence-corrected chi connectivity index (χ2v) is 7.81. The number of imidazole rings is 1. The standard InChI is InChI=1S/C16H19F3N4O4S/c1-21(10-14-20-7-8-23(14)11-16(17,18)19)15(24)12-5-4-6-13(9-12)28(25,26)22(2)27-3/h4-9H,10-11H2,1-3H3. The molecule has 0 saturated heterocycles. The molecule has 154 valence electrons. The van der Waals surface area contributed by atoms with E-state index in [0.717, 1.165) is 9.47 Å². The molecule has 0 bridgehead atoms. The number of sulfonamides is 1. The van der Waals surface area contributed by atoms with E-state index in [4.69, 9.17) is 0 Å². The fourth-order valence-corrected chi connectivity index (χ4v) is 3.39. The summed E-state index contributed by atoms with van der Waals surface area (Å²) in [4.78, 5) is 22.2. The van der Waals surface area contributed by atoms with Crippen molar-refractivity contribution in [2.24, 2.45) is 0 Å². The van der Waals surface area contributed by atoms with Gasteiger partial charge in [0, 0.05) is 32.1 Å². The zero-order valence-electron chi connectivity index (χ0n) is 15.3. The molecule has 8 nitrogen and oxygen atoms in total. The van der Waals surface area contributed by atoms with E-state index in [0.29, 0.717) is 4.47 Å². The Morgan fingerprint density at radius 3 is 2.57 bits per heavy atom. The third-order valence-electron chi connectivity index (χ3n) is 3.85. The minimum absolute atomic E-state index is 0.0519. The highest BCUT2D eigenvalue weighted by molar-refractivity contribution is 7.89. The summed E-state index contributed by atoms with van der Waals surface area (Å²) >= 11 is 0. The molecule has 2 aromatic rings. The first-order chi connectivity index (χ1) is 13.0. The number of alkyl halides is 3. The molecule has 0 aliphatic rings. The van der Waals surface area contributed by atoms with Gasteiger partial charge in [-0.1, -0.05) is 10.5 Å². The van der Waals surface area contributed by atoms with Crippen molar-refractivity contribution in [2.45, 2.75) is 24.2 Å². The van der Waals surface area contributed by atoms with Gasteiger partial charge in [0.25, 0.3) is 15.9 Å². The lowest BCUT2D eigenvalue weighted by atomic mass is 10.2. The van der Waals surface area contributed by atoms with Gasteiger partial charge in [0.05, 0.1) is 18.6 Å². The van der Waals surface area contributed by atoms with Gasteiger partial charge in [0.1, 0.15) is 12.4 Å². The molecular formula is C16H19F3N4O4S. The van der Waals surface area contributed by atoms with Crippen LogP contribution < -0.4 is 0 Å². The molecule has 0 aliphatic carbocycles. The Hall–Kier alpha value is -2.44. The molecule has 1 aromatic carbocycles. The van der Waals surface area contributed by atoms with E-state index in [1.54, 1.807) is 0 Å². The minimum atomic E-state index is -4.42. The molecule has 0 aliphatic heterocycles. The van der Waals surface area contributed by atoms with Gasteiger partial charge < -0.3 is 9.47 Å². The highest BCUT2D eigenvalue weighted by Gasteiger charge is 2.29. The first-order valence-electron chi connectivity index (χ1n) is 7.91. The first kappa shape index (κ1) is 21.9. The van der Waals surface area contributed by atoms with Crippen LogP contribution in [0, 0.1) is 0 Å². The van der Waals surface area contributed by atoms with Crippen molar-refractivity contribution in [2.75, 3.05) is 21.2 Å². The fraction of sp³-hybridized carbons (Fsp3) is 0.375. The number of amides is 1.